The summed E-state index contributed by atoms with van der Waals surface area (Å²) < 4.78 is 36.7. The SMILES string of the molecule is CC(C(=O)O)=C(C)C(=O)NCC1CCN(CC(F)(F)F)C1. The monoisotopic (exact) mass is 308 g/mol. The second-order valence-corrected chi connectivity index (χ2v) is 5.27. The molecule has 0 aliphatic carbocycles. The second kappa shape index (κ2) is 6.93. The number of alkyl halides is 3. The molecule has 1 saturated heterocycles. The van der Waals surface area contributed by atoms with Gasteiger partial charge in [-0.1, -0.05) is 0 Å². The zero-order chi connectivity index (χ0) is 16.2. The van der Waals surface area contributed by atoms with E-state index in [0.717, 1.165) is 0 Å². The summed E-state index contributed by atoms with van der Waals surface area (Å²) in [6.45, 7) is 2.68. The molecule has 0 radical (unpaired) electrons. The van der Waals surface area contributed by atoms with Crippen molar-refractivity contribution in [3.8, 4) is 0 Å². The summed E-state index contributed by atoms with van der Waals surface area (Å²) in [6, 6.07) is 0. The van der Waals surface area contributed by atoms with Crippen LogP contribution < -0.4 is 5.32 Å². The highest BCUT2D eigenvalue weighted by atomic mass is 19.4. The van der Waals surface area contributed by atoms with Gasteiger partial charge in [-0.25, -0.2) is 4.79 Å². The molecule has 1 aliphatic rings. The molecule has 120 valence electrons. The van der Waals surface area contributed by atoms with E-state index in [0.29, 0.717) is 13.0 Å². The fourth-order valence-electron chi connectivity index (χ4n) is 2.18. The summed E-state index contributed by atoms with van der Waals surface area (Å²) in [6.07, 6.45) is -3.63. The molecule has 0 aromatic heterocycles. The molecule has 8 heteroatoms. The molecule has 2 N–H and O–H groups in total. The average molecular weight is 308 g/mol. The molecule has 0 spiro atoms. The summed E-state index contributed by atoms with van der Waals surface area (Å²) in [5, 5.41) is 11.3. The number of carboxylic acid groups (broad SMARTS) is 1. The summed E-state index contributed by atoms with van der Waals surface area (Å²) in [5.41, 5.74) is 0.0604. The predicted molar refractivity (Wildman–Crippen MR) is 69.6 cm³/mol. The number of nitrogens with zero attached hydrogens (tertiary/aromatic N) is 1. The van der Waals surface area contributed by atoms with Gasteiger partial charge in [-0.2, -0.15) is 13.2 Å². The minimum absolute atomic E-state index is 0.0439. The van der Waals surface area contributed by atoms with E-state index in [9.17, 15) is 22.8 Å². The Hall–Kier alpha value is -1.57. The van der Waals surface area contributed by atoms with Gasteiger partial charge in [0.1, 0.15) is 0 Å². The topological polar surface area (TPSA) is 69.6 Å². The van der Waals surface area contributed by atoms with Crippen molar-refractivity contribution >= 4 is 11.9 Å². The number of carboxylic acids is 1. The molecule has 0 aromatic carbocycles. The Labute approximate surface area is 120 Å². The Morgan fingerprint density at radius 2 is 1.90 bits per heavy atom. The number of hydrogen-bond acceptors (Lipinski definition) is 3. The van der Waals surface area contributed by atoms with Crippen LogP contribution in [0.3, 0.4) is 0 Å². The predicted octanol–water partition coefficient (Wildman–Crippen LogP) is 1.41. The minimum atomic E-state index is -4.21. The minimum Gasteiger partial charge on any atom is -0.478 e. The molecule has 1 rings (SSSR count). The molecular weight excluding hydrogens is 289 g/mol. The van der Waals surface area contributed by atoms with E-state index >= 15 is 0 Å². The van der Waals surface area contributed by atoms with Crippen LogP contribution >= 0.6 is 0 Å². The number of aliphatic carboxylic acids is 1. The van der Waals surface area contributed by atoms with Crippen LogP contribution in [0.15, 0.2) is 11.1 Å². The third-order valence-corrected chi connectivity index (χ3v) is 3.55. The third kappa shape index (κ3) is 5.74. The molecule has 0 bridgehead atoms. The summed E-state index contributed by atoms with van der Waals surface area (Å²) in [7, 11) is 0. The highest BCUT2D eigenvalue weighted by Gasteiger charge is 2.34. The molecule has 0 aromatic rings. The van der Waals surface area contributed by atoms with Gasteiger partial charge in [0, 0.05) is 24.2 Å². The molecule has 1 heterocycles. The van der Waals surface area contributed by atoms with Crippen molar-refractivity contribution in [1.29, 1.82) is 0 Å². The van der Waals surface area contributed by atoms with Crippen molar-refractivity contribution in [2.24, 2.45) is 5.92 Å². The third-order valence-electron chi connectivity index (χ3n) is 3.55. The number of nitrogens with one attached hydrogen (secondary N) is 1. The number of carbonyl (C=O) groups is 2. The van der Waals surface area contributed by atoms with Crippen LogP contribution in [-0.4, -0.2) is 54.2 Å². The standard InChI is InChI=1S/C13H19F3N2O3/c1-8(9(2)12(20)21)11(19)17-5-10-3-4-18(6-10)7-13(14,15)16/h10H,3-7H2,1-2H3,(H,17,19)(H,20,21). The maximum Gasteiger partial charge on any atom is 0.401 e. The molecule has 5 nitrogen and oxygen atoms in total. The largest absolute Gasteiger partial charge is 0.478 e. The summed E-state index contributed by atoms with van der Waals surface area (Å²) in [5.74, 6) is -1.71. The Bertz CT molecular complexity index is 446. The van der Waals surface area contributed by atoms with Crippen molar-refractivity contribution in [3.05, 3.63) is 11.1 Å². The lowest BCUT2D eigenvalue weighted by molar-refractivity contribution is -0.143. The Morgan fingerprint density at radius 1 is 1.29 bits per heavy atom. The van der Waals surface area contributed by atoms with Gasteiger partial charge < -0.3 is 10.4 Å². The first-order valence-electron chi connectivity index (χ1n) is 6.58. The van der Waals surface area contributed by atoms with Crippen LogP contribution in [0.25, 0.3) is 0 Å². The lowest BCUT2D eigenvalue weighted by atomic mass is 10.1. The first kappa shape index (κ1) is 17.5. The molecule has 0 saturated carbocycles. The number of amides is 1. The van der Waals surface area contributed by atoms with Crippen LogP contribution in [0.5, 0.6) is 0 Å². The molecule has 1 amide bonds. The lowest BCUT2D eigenvalue weighted by Crippen LogP contribution is -2.35. The quantitative estimate of drug-likeness (QED) is 0.754. The van der Waals surface area contributed by atoms with Gasteiger partial charge in [0.2, 0.25) is 5.91 Å². The molecule has 1 unspecified atom stereocenters. The highest BCUT2D eigenvalue weighted by Crippen LogP contribution is 2.22. The van der Waals surface area contributed by atoms with Gasteiger partial charge in [0.25, 0.3) is 0 Å². The number of hydrogen-bond donors (Lipinski definition) is 2. The fourth-order valence-corrected chi connectivity index (χ4v) is 2.18. The van der Waals surface area contributed by atoms with Gasteiger partial charge in [-0.05, 0) is 32.7 Å². The van der Waals surface area contributed by atoms with E-state index < -0.39 is 24.6 Å². The normalized spacial score (nSPS) is 21.1. The van der Waals surface area contributed by atoms with E-state index in [1.807, 2.05) is 0 Å². The number of rotatable bonds is 5. The van der Waals surface area contributed by atoms with Crippen molar-refractivity contribution in [3.63, 3.8) is 0 Å². The summed E-state index contributed by atoms with van der Waals surface area (Å²) >= 11 is 0. The van der Waals surface area contributed by atoms with Crippen LogP contribution in [0.1, 0.15) is 20.3 Å². The van der Waals surface area contributed by atoms with Gasteiger partial charge in [-0.3, -0.25) is 9.69 Å². The first-order chi connectivity index (χ1) is 9.60. The zero-order valence-corrected chi connectivity index (χ0v) is 12.0. The van der Waals surface area contributed by atoms with Crippen LogP contribution in [0, 0.1) is 5.92 Å². The smallest absolute Gasteiger partial charge is 0.401 e. The molecule has 1 atom stereocenters. The number of halogens is 3. The molecule has 21 heavy (non-hydrogen) atoms. The van der Waals surface area contributed by atoms with Crippen LogP contribution in [0.4, 0.5) is 13.2 Å². The van der Waals surface area contributed by atoms with Crippen LogP contribution in [0.2, 0.25) is 0 Å². The lowest BCUT2D eigenvalue weighted by Gasteiger charge is -2.18. The van der Waals surface area contributed by atoms with E-state index in [1.54, 1.807) is 0 Å². The van der Waals surface area contributed by atoms with Gasteiger partial charge >= 0.3 is 12.1 Å². The number of likely N-dealkylation sites (tertiary alicyclic amines) is 1. The average Bonchev–Trinajstić information content (AvgIpc) is 2.79. The zero-order valence-electron chi connectivity index (χ0n) is 12.0. The maximum absolute atomic E-state index is 12.2. The van der Waals surface area contributed by atoms with Crippen molar-refractivity contribution < 1.29 is 27.9 Å². The van der Waals surface area contributed by atoms with E-state index in [4.69, 9.17) is 5.11 Å². The summed E-state index contributed by atoms with van der Waals surface area (Å²) in [4.78, 5) is 23.8. The molecule has 1 fully saturated rings. The van der Waals surface area contributed by atoms with Crippen LogP contribution in [-0.2, 0) is 9.59 Å². The van der Waals surface area contributed by atoms with Gasteiger partial charge in [0.05, 0.1) is 6.54 Å². The fraction of sp³-hybridized carbons (Fsp3) is 0.692. The number of carbonyl (C=O) groups excluding carboxylic acids is 1. The van der Waals surface area contributed by atoms with E-state index in [-0.39, 0.29) is 30.2 Å². The van der Waals surface area contributed by atoms with Gasteiger partial charge in [-0.15, -0.1) is 0 Å². The maximum atomic E-state index is 12.2. The first-order valence-corrected chi connectivity index (χ1v) is 6.58. The van der Waals surface area contributed by atoms with Crippen molar-refractivity contribution in [1.82, 2.24) is 10.2 Å². The van der Waals surface area contributed by atoms with Crippen molar-refractivity contribution in [2.45, 2.75) is 26.4 Å². The Balaban J connectivity index is 2.42. The van der Waals surface area contributed by atoms with Gasteiger partial charge in [0.15, 0.2) is 0 Å². The highest BCUT2D eigenvalue weighted by molar-refractivity contribution is 6.01. The Kier molecular flexibility index (Phi) is 5.77. The van der Waals surface area contributed by atoms with E-state index in [2.05, 4.69) is 5.32 Å². The molecular formula is C13H19F3N2O3. The second-order valence-electron chi connectivity index (χ2n) is 5.27. The van der Waals surface area contributed by atoms with Crippen molar-refractivity contribution in [2.75, 3.05) is 26.2 Å². The van der Waals surface area contributed by atoms with E-state index in [1.165, 1.54) is 18.7 Å². The molecule has 1 aliphatic heterocycles. The Morgan fingerprint density at radius 3 is 2.43 bits per heavy atom.